The summed E-state index contributed by atoms with van der Waals surface area (Å²) in [5.41, 5.74) is 3.52. The zero-order valence-corrected chi connectivity index (χ0v) is 17.6. The molecule has 6 nitrogen and oxygen atoms in total. The summed E-state index contributed by atoms with van der Waals surface area (Å²) in [5, 5.41) is 23.8. The van der Waals surface area contributed by atoms with Crippen LogP contribution in [0.2, 0.25) is 5.02 Å². The number of carboxylic acids is 1. The van der Waals surface area contributed by atoms with Gasteiger partial charge in [0.15, 0.2) is 0 Å². The van der Waals surface area contributed by atoms with Gasteiger partial charge in [0.25, 0.3) is 5.91 Å². The smallest absolute Gasteiger partial charge is 0.335 e. The predicted molar refractivity (Wildman–Crippen MR) is 122 cm³/mol. The highest BCUT2D eigenvalue weighted by atomic mass is 35.5. The number of carbonyl (C=O) groups excluding carboxylic acids is 1. The molecule has 1 heterocycles. The number of carboxylic acid groups (broad SMARTS) is 1. The lowest BCUT2D eigenvalue weighted by Gasteiger charge is -2.10. The molecule has 3 aromatic carbocycles. The van der Waals surface area contributed by atoms with Crippen molar-refractivity contribution in [2.45, 2.75) is 13.0 Å². The molecule has 0 spiro atoms. The zero-order valence-electron chi connectivity index (χ0n) is 16.9. The number of benzene rings is 3. The lowest BCUT2D eigenvalue weighted by atomic mass is 10.0. The Hall–Kier alpha value is -3.90. The maximum absolute atomic E-state index is 12.6. The van der Waals surface area contributed by atoms with Crippen LogP contribution in [0.15, 0.2) is 72.9 Å². The average Bonchev–Trinajstić information content (AvgIpc) is 2.80. The minimum atomic E-state index is -0.992. The van der Waals surface area contributed by atoms with Crippen LogP contribution >= 0.6 is 11.6 Å². The molecular formula is C25H19ClN2O4. The molecule has 0 aliphatic rings. The van der Waals surface area contributed by atoms with Gasteiger partial charge >= 0.3 is 5.97 Å². The van der Waals surface area contributed by atoms with Gasteiger partial charge in [-0.05, 0) is 53.6 Å². The Morgan fingerprint density at radius 1 is 0.906 bits per heavy atom. The van der Waals surface area contributed by atoms with Crippen molar-refractivity contribution < 1.29 is 19.8 Å². The molecule has 4 rings (SSSR count). The van der Waals surface area contributed by atoms with Gasteiger partial charge in [-0.15, -0.1) is 0 Å². The summed E-state index contributed by atoms with van der Waals surface area (Å²) in [6.45, 7) is 0.352. The number of halogens is 1. The molecule has 1 amide bonds. The molecule has 0 aliphatic heterocycles. The molecule has 0 aliphatic carbocycles. The molecule has 0 atom stereocenters. The van der Waals surface area contributed by atoms with Gasteiger partial charge in [0.2, 0.25) is 0 Å². The van der Waals surface area contributed by atoms with E-state index in [-0.39, 0.29) is 17.2 Å². The van der Waals surface area contributed by atoms with E-state index in [9.17, 15) is 14.7 Å². The van der Waals surface area contributed by atoms with E-state index in [0.717, 1.165) is 11.1 Å². The van der Waals surface area contributed by atoms with E-state index in [4.69, 9.17) is 16.7 Å². The van der Waals surface area contributed by atoms with E-state index < -0.39 is 5.97 Å². The molecule has 0 saturated carbocycles. The summed E-state index contributed by atoms with van der Waals surface area (Å²) in [7, 11) is 0. The number of aromatic hydroxyl groups is 1. The van der Waals surface area contributed by atoms with E-state index in [1.165, 1.54) is 12.1 Å². The highest BCUT2D eigenvalue weighted by Gasteiger charge is 2.13. The first-order chi connectivity index (χ1) is 15.4. The molecule has 1 aromatic heterocycles. The van der Waals surface area contributed by atoms with Crippen LogP contribution < -0.4 is 5.32 Å². The van der Waals surface area contributed by atoms with Gasteiger partial charge in [0.1, 0.15) is 5.75 Å². The quantitative estimate of drug-likeness (QED) is 0.394. The van der Waals surface area contributed by atoms with Crippen molar-refractivity contribution in [2.75, 3.05) is 0 Å². The molecule has 32 heavy (non-hydrogen) atoms. The summed E-state index contributed by atoms with van der Waals surface area (Å²) in [4.78, 5) is 28.0. The number of amides is 1. The van der Waals surface area contributed by atoms with Gasteiger partial charge in [0.05, 0.1) is 11.1 Å². The normalized spacial score (nSPS) is 10.8. The van der Waals surface area contributed by atoms with Crippen LogP contribution in [-0.4, -0.2) is 27.1 Å². The van der Waals surface area contributed by atoms with Gasteiger partial charge in [-0.2, -0.15) is 0 Å². The molecule has 7 heteroatoms. The average molecular weight is 447 g/mol. The standard InChI is InChI=1S/C25H19ClN2O4/c26-20-8-3-16(4-9-20)13-28-24(30)18-7-10-22-21(12-18)23(29)19(14-27-22)11-15-1-5-17(6-2-15)25(31)32/h1-10,12,14H,11,13H2,(H,27,29)(H,28,30)(H,31,32). The minimum Gasteiger partial charge on any atom is -0.507 e. The molecule has 3 N–H and O–H groups in total. The van der Waals surface area contributed by atoms with Gasteiger partial charge < -0.3 is 15.5 Å². The van der Waals surface area contributed by atoms with Crippen molar-refractivity contribution in [2.24, 2.45) is 0 Å². The van der Waals surface area contributed by atoms with Crippen LogP contribution in [0.3, 0.4) is 0 Å². The van der Waals surface area contributed by atoms with Crippen molar-refractivity contribution in [3.63, 3.8) is 0 Å². The number of rotatable bonds is 6. The SMILES string of the molecule is O=C(O)c1ccc(Cc2cnc3ccc(C(=O)NCc4ccc(Cl)cc4)cc3c2O)cc1. The number of pyridine rings is 1. The fourth-order valence-electron chi connectivity index (χ4n) is 3.36. The third-order valence-corrected chi connectivity index (χ3v) is 5.39. The molecule has 160 valence electrons. The van der Waals surface area contributed by atoms with Crippen LogP contribution in [0.5, 0.6) is 5.75 Å². The van der Waals surface area contributed by atoms with Crippen LogP contribution in [0, 0.1) is 0 Å². The molecule has 0 radical (unpaired) electrons. The topological polar surface area (TPSA) is 99.5 Å². The number of nitrogens with one attached hydrogen (secondary N) is 1. The second-order valence-electron chi connectivity index (χ2n) is 7.35. The number of hydrogen-bond donors (Lipinski definition) is 3. The highest BCUT2D eigenvalue weighted by molar-refractivity contribution is 6.30. The summed E-state index contributed by atoms with van der Waals surface area (Å²) >= 11 is 5.88. The largest absolute Gasteiger partial charge is 0.507 e. The maximum Gasteiger partial charge on any atom is 0.335 e. The second-order valence-corrected chi connectivity index (χ2v) is 7.79. The first-order valence-electron chi connectivity index (χ1n) is 9.86. The van der Waals surface area contributed by atoms with Gasteiger partial charge in [0, 0.05) is 40.7 Å². The van der Waals surface area contributed by atoms with Crippen LogP contribution in [0.25, 0.3) is 10.9 Å². The van der Waals surface area contributed by atoms with E-state index in [1.807, 2.05) is 12.1 Å². The maximum atomic E-state index is 12.6. The predicted octanol–water partition coefficient (Wildman–Crippen LogP) is 4.81. The Morgan fingerprint density at radius 3 is 2.25 bits per heavy atom. The summed E-state index contributed by atoms with van der Waals surface area (Å²) in [6.07, 6.45) is 1.96. The third-order valence-electron chi connectivity index (χ3n) is 5.14. The Balaban J connectivity index is 1.54. The lowest BCUT2D eigenvalue weighted by molar-refractivity contribution is 0.0696. The van der Waals surface area contributed by atoms with Crippen LogP contribution in [0.4, 0.5) is 0 Å². The number of aromatic carboxylic acids is 1. The van der Waals surface area contributed by atoms with E-state index >= 15 is 0 Å². The highest BCUT2D eigenvalue weighted by Crippen LogP contribution is 2.29. The second kappa shape index (κ2) is 9.08. The Bertz CT molecular complexity index is 1300. The Kier molecular flexibility index (Phi) is 6.05. The third kappa shape index (κ3) is 4.71. The molecule has 0 saturated heterocycles. The van der Waals surface area contributed by atoms with E-state index in [2.05, 4.69) is 10.3 Å². The number of nitrogens with zero attached hydrogens (tertiary/aromatic N) is 1. The lowest BCUT2D eigenvalue weighted by Crippen LogP contribution is -2.22. The van der Waals surface area contributed by atoms with Gasteiger partial charge in [-0.25, -0.2) is 4.79 Å². The number of fused-ring (bicyclic) bond motifs is 1. The molecular weight excluding hydrogens is 428 g/mol. The van der Waals surface area contributed by atoms with Crippen molar-refractivity contribution in [3.8, 4) is 5.75 Å². The van der Waals surface area contributed by atoms with E-state index in [1.54, 1.807) is 48.7 Å². The Labute approximate surface area is 189 Å². The van der Waals surface area contributed by atoms with Crippen molar-refractivity contribution >= 4 is 34.4 Å². The fraction of sp³-hybridized carbons (Fsp3) is 0.0800. The monoisotopic (exact) mass is 446 g/mol. The number of aromatic nitrogens is 1. The molecule has 4 aromatic rings. The van der Waals surface area contributed by atoms with Crippen molar-refractivity contribution in [3.05, 3.63) is 106 Å². The van der Waals surface area contributed by atoms with Crippen molar-refractivity contribution in [1.29, 1.82) is 0 Å². The molecule has 0 bridgehead atoms. The fourth-order valence-corrected chi connectivity index (χ4v) is 3.49. The van der Waals surface area contributed by atoms with Crippen LogP contribution in [-0.2, 0) is 13.0 Å². The first-order valence-corrected chi connectivity index (χ1v) is 10.2. The Morgan fingerprint density at radius 2 is 1.56 bits per heavy atom. The number of hydrogen-bond acceptors (Lipinski definition) is 4. The summed E-state index contributed by atoms with van der Waals surface area (Å²) in [6, 6.07) is 18.6. The first kappa shape index (κ1) is 21.3. The van der Waals surface area contributed by atoms with Gasteiger partial charge in [-0.3, -0.25) is 9.78 Å². The summed E-state index contributed by atoms with van der Waals surface area (Å²) < 4.78 is 0. The minimum absolute atomic E-state index is 0.0460. The summed E-state index contributed by atoms with van der Waals surface area (Å²) in [5.74, 6) is -1.21. The van der Waals surface area contributed by atoms with E-state index in [0.29, 0.717) is 40.0 Å². The zero-order chi connectivity index (χ0) is 22.7. The van der Waals surface area contributed by atoms with Crippen LogP contribution in [0.1, 0.15) is 37.4 Å². The van der Waals surface area contributed by atoms with Gasteiger partial charge in [-0.1, -0.05) is 35.9 Å². The molecule has 0 fully saturated rings. The number of carbonyl (C=O) groups is 2. The van der Waals surface area contributed by atoms with Crippen molar-refractivity contribution in [1.82, 2.24) is 10.3 Å². The molecule has 0 unspecified atom stereocenters.